The normalized spacial score (nSPS) is 16.2. The summed E-state index contributed by atoms with van der Waals surface area (Å²) in [5, 5.41) is 19.3. The molecule has 0 bridgehead atoms. The molecule has 0 aliphatic carbocycles. The van der Waals surface area contributed by atoms with E-state index < -0.39 is 30.0 Å². The van der Waals surface area contributed by atoms with E-state index in [1.165, 1.54) is 4.90 Å². The summed E-state index contributed by atoms with van der Waals surface area (Å²) in [5.41, 5.74) is 1.02. The lowest BCUT2D eigenvalue weighted by Gasteiger charge is -2.32. The van der Waals surface area contributed by atoms with Gasteiger partial charge in [0.25, 0.3) is 0 Å². The van der Waals surface area contributed by atoms with Crippen LogP contribution in [0.2, 0.25) is 0 Å². The molecule has 1 aromatic rings. The third-order valence-corrected chi connectivity index (χ3v) is 5.10. The number of nitrogens with one attached hydrogen (secondary N) is 3. The number of amides is 4. The Kier molecular flexibility index (Phi) is 7.79. The Morgan fingerprint density at radius 1 is 1.17 bits per heavy atom. The average molecular weight is 417 g/mol. The molecule has 164 valence electrons. The van der Waals surface area contributed by atoms with Gasteiger partial charge in [0.05, 0.1) is 23.4 Å². The van der Waals surface area contributed by atoms with Gasteiger partial charge in [-0.05, 0) is 30.4 Å². The highest BCUT2D eigenvalue weighted by atomic mass is 16.4. The molecule has 4 amide bonds. The number of benzene rings is 1. The molecule has 1 aliphatic heterocycles. The SMILES string of the molecule is CC[C@H](C)[C@H](NC(=O)N1CC(=O)Nc2ccccc21)C(=O)N[C@@H](CC(C)C)C(=O)[O-]. The summed E-state index contributed by atoms with van der Waals surface area (Å²) in [6.45, 7) is 7.15. The Morgan fingerprint density at radius 2 is 1.83 bits per heavy atom. The van der Waals surface area contributed by atoms with Crippen LogP contribution in [0.3, 0.4) is 0 Å². The molecule has 0 aromatic heterocycles. The Balaban J connectivity index is 2.20. The van der Waals surface area contributed by atoms with Gasteiger partial charge in [-0.15, -0.1) is 0 Å². The molecule has 0 saturated heterocycles. The molecular formula is C21H29N4O5-. The maximum atomic E-state index is 13.0. The highest BCUT2D eigenvalue weighted by Gasteiger charge is 2.32. The molecule has 9 heteroatoms. The third-order valence-electron chi connectivity index (χ3n) is 5.10. The van der Waals surface area contributed by atoms with Crippen LogP contribution >= 0.6 is 0 Å². The number of hydrogen-bond donors (Lipinski definition) is 3. The lowest BCUT2D eigenvalue weighted by atomic mass is 9.97. The van der Waals surface area contributed by atoms with Gasteiger partial charge in [0.2, 0.25) is 11.8 Å². The van der Waals surface area contributed by atoms with E-state index >= 15 is 0 Å². The Hall–Kier alpha value is -3.10. The zero-order valence-corrected chi connectivity index (χ0v) is 17.7. The molecule has 0 radical (unpaired) electrons. The van der Waals surface area contributed by atoms with Crippen LogP contribution in [0.25, 0.3) is 0 Å². The van der Waals surface area contributed by atoms with Crippen LogP contribution in [-0.4, -0.2) is 42.4 Å². The van der Waals surface area contributed by atoms with Gasteiger partial charge >= 0.3 is 6.03 Å². The van der Waals surface area contributed by atoms with Crippen molar-refractivity contribution < 1.29 is 24.3 Å². The van der Waals surface area contributed by atoms with Crippen molar-refractivity contribution in [1.82, 2.24) is 10.6 Å². The van der Waals surface area contributed by atoms with Crippen LogP contribution in [0.4, 0.5) is 16.2 Å². The minimum atomic E-state index is -1.37. The molecule has 1 heterocycles. The van der Waals surface area contributed by atoms with Gasteiger partial charge in [0.15, 0.2) is 0 Å². The number of rotatable bonds is 8. The summed E-state index contributed by atoms with van der Waals surface area (Å²) in [4.78, 5) is 50.5. The first-order valence-corrected chi connectivity index (χ1v) is 10.1. The van der Waals surface area contributed by atoms with E-state index in [9.17, 15) is 24.3 Å². The quantitative estimate of drug-likeness (QED) is 0.577. The number of nitrogens with zero attached hydrogens (tertiary/aromatic N) is 1. The summed E-state index contributed by atoms with van der Waals surface area (Å²) < 4.78 is 0. The van der Waals surface area contributed by atoms with Crippen LogP contribution in [0, 0.1) is 11.8 Å². The second-order valence-corrected chi connectivity index (χ2v) is 7.97. The summed E-state index contributed by atoms with van der Waals surface area (Å²) in [6, 6.07) is 4.14. The van der Waals surface area contributed by atoms with E-state index in [0.717, 1.165) is 0 Å². The first-order valence-electron chi connectivity index (χ1n) is 10.1. The Morgan fingerprint density at radius 3 is 2.43 bits per heavy atom. The lowest BCUT2D eigenvalue weighted by Crippen LogP contribution is -2.59. The fraction of sp³-hybridized carbons (Fsp3) is 0.524. The van der Waals surface area contributed by atoms with Crippen molar-refractivity contribution in [2.75, 3.05) is 16.8 Å². The van der Waals surface area contributed by atoms with Crippen LogP contribution in [0.1, 0.15) is 40.5 Å². The van der Waals surface area contributed by atoms with E-state index in [1.807, 2.05) is 20.8 Å². The van der Waals surface area contributed by atoms with Gasteiger partial charge in [0.1, 0.15) is 12.6 Å². The predicted molar refractivity (Wildman–Crippen MR) is 111 cm³/mol. The number of urea groups is 1. The molecule has 1 aliphatic rings. The average Bonchev–Trinajstić information content (AvgIpc) is 2.69. The van der Waals surface area contributed by atoms with Gasteiger partial charge in [-0.3, -0.25) is 14.5 Å². The van der Waals surface area contributed by atoms with Gasteiger partial charge in [-0.1, -0.05) is 46.2 Å². The van der Waals surface area contributed by atoms with E-state index in [1.54, 1.807) is 31.2 Å². The number of carbonyl (C=O) groups is 4. The summed E-state index contributed by atoms with van der Waals surface area (Å²) >= 11 is 0. The van der Waals surface area contributed by atoms with Crippen LogP contribution in [-0.2, 0) is 14.4 Å². The molecule has 1 aromatic carbocycles. The Labute approximate surface area is 176 Å². The number of para-hydroxylation sites is 2. The maximum absolute atomic E-state index is 13.0. The number of aliphatic carboxylic acids is 1. The largest absolute Gasteiger partial charge is 0.548 e. The zero-order chi connectivity index (χ0) is 22.4. The summed E-state index contributed by atoms with van der Waals surface area (Å²) in [6.07, 6.45) is 0.796. The van der Waals surface area contributed by atoms with E-state index in [2.05, 4.69) is 16.0 Å². The number of carboxylic acids is 1. The number of fused-ring (bicyclic) bond motifs is 1. The number of anilines is 2. The molecule has 3 atom stereocenters. The minimum Gasteiger partial charge on any atom is -0.548 e. The minimum absolute atomic E-state index is 0.0354. The molecule has 9 nitrogen and oxygen atoms in total. The van der Waals surface area contributed by atoms with Gasteiger partial charge in [-0.25, -0.2) is 4.79 Å². The first kappa shape index (κ1) is 23.2. The molecular weight excluding hydrogens is 388 g/mol. The van der Waals surface area contributed by atoms with Crippen LogP contribution in [0.15, 0.2) is 24.3 Å². The highest BCUT2D eigenvalue weighted by Crippen LogP contribution is 2.29. The van der Waals surface area contributed by atoms with E-state index in [-0.39, 0.29) is 30.7 Å². The predicted octanol–water partition coefficient (Wildman–Crippen LogP) is 0.850. The highest BCUT2D eigenvalue weighted by molar-refractivity contribution is 6.10. The van der Waals surface area contributed by atoms with E-state index in [0.29, 0.717) is 17.8 Å². The van der Waals surface area contributed by atoms with E-state index in [4.69, 9.17) is 0 Å². The molecule has 0 spiro atoms. The maximum Gasteiger partial charge on any atom is 0.323 e. The Bertz CT molecular complexity index is 810. The second-order valence-electron chi connectivity index (χ2n) is 7.97. The fourth-order valence-electron chi connectivity index (χ4n) is 3.27. The van der Waals surface area contributed by atoms with Gasteiger partial charge < -0.3 is 25.9 Å². The standard InChI is InChI=1S/C21H30N4O5/c1-5-13(4)18(19(27)23-15(20(28)29)10-12(2)3)24-21(30)25-11-17(26)22-14-8-6-7-9-16(14)25/h6-9,12-13,15,18H,5,10-11H2,1-4H3,(H,22,26)(H,23,27)(H,24,30)(H,28,29)/p-1/t13-,15-,18-/m0/s1. The summed E-state index contributed by atoms with van der Waals surface area (Å²) in [7, 11) is 0. The number of carboxylic acid groups (broad SMARTS) is 1. The molecule has 0 fully saturated rings. The summed E-state index contributed by atoms with van der Waals surface area (Å²) in [5.74, 6) is -2.53. The van der Waals surface area contributed by atoms with Crippen molar-refractivity contribution >= 4 is 35.2 Å². The molecule has 3 N–H and O–H groups in total. The van der Waals surface area contributed by atoms with Gasteiger partial charge in [-0.2, -0.15) is 0 Å². The van der Waals surface area contributed by atoms with Gasteiger partial charge in [0, 0.05) is 0 Å². The monoisotopic (exact) mass is 417 g/mol. The molecule has 0 saturated carbocycles. The van der Waals surface area contributed by atoms with Crippen LogP contribution < -0.4 is 26.0 Å². The second kappa shape index (κ2) is 10.1. The first-order chi connectivity index (χ1) is 14.1. The van der Waals surface area contributed by atoms with Crippen molar-refractivity contribution in [3.63, 3.8) is 0 Å². The van der Waals surface area contributed by atoms with Crippen molar-refractivity contribution in [2.45, 2.75) is 52.6 Å². The molecule has 0 unspecified atom stereocenters. The smallest absolute Gasteiger partial charge is 0.323 e. The van der Waals surface area contributed by atoms with Crippen molar-refractivity contribution in [2.24, 2.45) is 11.8 Å². The van der Waals surface area contributed by atoms with Crippen LogP contribution in [0.5, 0.6) is 0 Å². The van der Waals surface area contributed by atoms with Crippen molar-refractivity contribution in [3.8, 4) is 0 Å². The topological polar surface area (TPSA) is 131 Å². The fourth-order valence-corrected chi connectivity index (χ4v) is 3.27. The third kappa shape index (κ3) is 5.71. The molecule has 2 rings (SSSR count). The zero-order valence-electron chi connectivity index (χ0n) is 17.7. The number of hydrogen-bond acceptors (Lipinski definition) is 5. The van der Waals surface area contributed by atoms with Crippen molar-refractivity contribution in [3.05, 3.63) is 24.3 Å². The van der Waals surface area contributed by atoms with Crippen molar-refractivity contribution in [1.29, 1.82) is 0 Å². The lowest BCUT2D eigenvalue weighted by molar-refractivity contribution is -0.308. The number of carbonyl (C=O) groups excluding carboxylic acids is 4. The molecule has 30 heavy (non-hydrogen) atoms.